The van der Waals surface area contributed by atoms with Crippen LogP contribution in [0.15, 0.2) is 78.3 Å². The number of carbonyl (C=O) groups excluding carboxylic acids is 2. The molecular weight excluding hydrogens is 438 g/mol. The van der Waals surface area contributed by atoms with Gasteiger partial charge in [-0.15, -0.1) is 0 Å². The molecule has 6 heteroatoms. The van der Waals surface area contributed by atoms with Crippen LogP contribution in [-0.2, 0) is 16.1 Å². The molecule has 35 heavy (non-hydrogen) atoms. The zero-order valence-corrected chi connectivity index (χ0v) is 20.3. The Labute approximate surface area is 205 Å². The minimum Gasteiger partial charge on any atom is -0.473 e. The molecule has 2 aliphatic rings. The van der Waals surface area contributed by atoms with Gasteiger partial charge in [0.1, 0.15) is 11.3 Å². The molecule has 0 atom stereocenters. The Morgan fingerprint density at radius 2 is 1.77 bits per heavy atom. The first-order chi connectivity index (χ1) is 16.6. The highest BCUT2D eigenvalue weighted by atomic mass is 16.5. The van der Waals surface area contributed by atoms with Crippen molar-refractivity contribution in [1.82, 2.24) is 4.90 Å². The summed E-state index contributed by atoms with van der Waals surface area (Å²) < 4.78 is 6.17. The normalized spacial score (nSPS) is 14.7. The molecule has 1 saturated carbocycles. The number of nitrogens with one attached hydrogen (secondary N) is 1. The number of amides is 2. The van der Waals surface area contributed by atoms with E-state index in [4.69, 9.17) is 10.5 Å². The number of ether oxygens (including phenoxy) is 1. The van der Waals surface area contributed by atoms with Gasteiger partial charge in [0.15, 0.2) is 5.88 Å². The molecule has 0 radical (unpaired) electrons. The summed E-state index contributed by atoms with van der Waals surface area (Å²) in [7, 11) is 0. The Morgan fingerprint density at radius 3 is 2.46 bits per heavy atom. The number of benzene rings is 3. The van der Waals surface area contributed by atoms with E-state index in [9.17, 15) is 9.59 Å². The monoisotopic (exact) mass is 467 g/mol. The van der Waals surface area contributed by atoms with Crippen LogP contribution in [0.3, 0.4) is 0 Å². The SMILES string of the molecule is C=C(C(N)=O)N1Cc2c(ccc3ccc(-c4cccc(NC(OC(C)(C)C)=C5CC5)c4)cc23)C1=O. The molecule has 1 fully saturated rings. The van der Waals surface area contributed by atoms with Crippen molar-refractivity contribution in [2.45, 2.75) is 45.8 Å². The summed E-state index contributed by atoms with van der Waals surface area (Å²) in [6.45, 7) is 10.1. The van der Waals surface area contributed by atoms with E-state index < -0.39 is 5.91 Å². The first kappa shape index (κ1) is 22.7. The molecule has 1 aliphatic heterocycles. The van der Waals surface area contributed by atoms with Crippen molar-refractivity contribution in [3.63, 3.8) is 0 Å². The summed E-state index contributed by atoms with van der Waals surface area (Å²) in [6.07, 6.45) is 2.12. The van der Waals surface area contributed by atoms with E-state index in [1.165, 1.54) is 10.5 Å². The molecule has 3 aromatic carbocycles. The van der Waals surface area contributed by atoms with Crippen LogP contribution in [0.5, 0.6) is 0 Å². The van der Waals surface area contributed by atoms with Gasteiger partial charge in [-0.1, -0.05) is 36.9 Å². The van der Waals surface area contributed by atoms with Gasteiger partial charge in [-0.25, -0.2) is 0 Å². The van der Waals surface area contributed by atoms with Crippen molar-refractivity contribution in [1.29, 1.82) is 0 Å². The molecule has 6 nitrogen and oxygen atoms in total. The number of fused-ring (bicyclic) bond motifs is 3. The van der Waals surface area contributed by atoms with Crippen molar-refractivity contribution >= 4 is 28.3 Å². The van der Waals surface area contributed by atoms with Gasteiger partial charge in [0, 0.05) is 11.3 Å². The van der Waals surface area contributed by atoms with Crippen molar-refractivity contribution < 1.29 is 14.3 Å². The maximum atomic E-state index is 12.9. The maximum absolute atomic E-state index is 12.9. The van der Waals surface area contributed by atoms with Crippen molar-refractivity contribution in [3.8, 4) is 11.1 Å². The third-order valence-electron chi connectivity index (χ3n) is 6.22. The lowest BCUT2D eigenvalue weighted by molar-refractivity contribution is -0.115. The first-order valence-corrected chi connectivity index (χ1v) is 11.8. The molecule has 0 saturated heterocycles. The van der Waals surface area contributed by atoms with Crippen LogP contribution in [-0.4, -0.2) is 22.3 Å². The molecule has 3 aromatic rings. The largest absolute Gasteiger partial charge is 0.473 e. The fraction of sp³-hybridized carbons (Fsp3) is 0.241. The van der Waals surface area contributed by atoms with Crippen LogP contribution < -0.4 is 11.1 Å². The molecule has 178 valence electrons. The Kier molecular flexibility index (Phi) is 5.39. The lowest BCUT2D eigenvalue weighted by Gasteiger charge is -2.24. The molecule has 1 heterocycles. The number of nitrogens with two attached hydrogens (primary N) is 1. The number of allylic oxidation sites excluding steroid dienone is 1. The lowest BCUT2D eigenvalue weighted by atomic mass is 9.96. The number of anilines is 1. The minimum atomic E-state index is -0.698. The van der Waals surface area contributed by atoms with Crippen LogP contribution in [0, 0.1) is 0 Å². The first-order valence-electron chi connectivity index (χ1n) is 11.8. The third-order valence-corrected chi connectivity index (χ3v) is 6.22. The van der Waals surface area contributed by atoms with Crippen molar-refractivity contribution in [3.05, 3.63) is 89.5 Å². The standard InChI is InChI=1S/C29H29N3O3/c1-17(26(30)33)32-16-25-23(28(32)34)13-12-18-8-11-21(15-24(18)25)20-6-5-7-22(14-20)31-27(19-9-10-19)35-29(2,3)4/h5-8,11-15,31H,1,9-10,16H2,2-4H3,(H2,30,33). The average molecular weight is 468 g/mol. The van der Waals surface area contributed by atoms with Gasteiger partial charge >= 0.3 is 0 Å². The number of primary amides is 1. The number of nitrogens with zero attached hydrogens (tertiary/aromatic N) is 1. The van der Waals surface area contributed by atoms with E-state index in [0.29, 0.717) is 5.56 Å². The quantitative estimate of drug-likeness (QED) is 0.360. The average Bonchev–Trinajstić information content (AvgIpc) is 3.60. The second-order valence-corrected chi connectivity index (χ2v) is 10.1. The van der Waals surface area contributed by atoms with Gasteiger partial charge in [-0.3, -0.25) is 14.5 Å². The second-order valence-electron chi connectivity index (χ2n) is 10.1. The van der Waals surface area contributed by atoms with Gasteiger partial charge in [-0.05, 0) is 90.9 Å². The minimum absolute atomic E-state index is 0.00680. The highest BCUT2D eigenvalue weighted by Gasteiger charge is 2.32. The van der Waals surface area contributed by atoms with Gasteiger partial charge in [0.05, 0.1) is 6.54 Å². The zero-order chi connectivity index (χ0) is 24.9. The summed E-state index contributed by atoms with van der Waals surface area (Å²) >= 11 is 0. The molecule has 3 N–H and O–H groups in total. The Hall–Kier alpha value is -4.06. The van der Waals surface area contributed by atoms with Crippen LogP contribution >= 0.6 is 0 Å². The van der Waals surface area contributed by atoms with Crippen molar-refractivity contribution in [2.24, 2.45) is 5.73 Å². The highest BCUT2D eigenvalue weighted by Crippen LogP contribution is 2.37. The molecule has 1 aliphatic carbocycles. The van der Waals surface area contributed by atoms with Gasteiger partial charge in [-0.2, -0.15) is 0 Å². The molecule has 0 unspecified atom stereocenters. The van der Waals surface area contributed by atoms with Gasteiger partial charge in [0.2, 0.25) is 0 Å². The summed E-state index contributed by atoms with van der Waals surface area (Å²) in [4.78, 5) is 25.9. The van der Waals surface area contributed by atoms with E-state index in [1.54, 1.807) is 6.07 Å². The second kappa shape index (κ2) is 8.31. The summed E-state index contributed by atoms with van der Waals surface area (Å²) in [5.41, 5.74) is 10.9. The van der Waals surface area contributed by atoms with E-state index in [1.807, 2.05) is 39.0 Å². The summed E-state index contributed by atoms with van der Waals surface area (Å²) in [5.74, 6) is -0.0995. The Balaban J connectivity index is 1.49. The fourth-order valence-electron chi connectivity index (χ4n) is 4.35. The van der Waals surface area contributed by atoms with Crippen LogP contribution in [0.1, 0.15) is 49.5 Å². The van der Waals surface area contributed by atoms with E-state index in [-0.39, 0.29) is 23.8 Å². The summed E-state index contributed by atoms with van der Waals surface area (Å²) in [5, 5.41) is 5.48. The molecule has 2 amide bonds. The zero-order valence-electron chi connectivity index (χ0n) is 20.3. The number of carbonyl (C=O) groups is 2. The van der Waals surface area contributed by atoms with Crippen molar-refractivity contribution in [2.75, 3.05) is 5.32 Å². The van der Waals surface area contributed by atoms with E-state index in [2.05, 4.69) is 42.2 Å². The highest BCUT2D eigenvalue weighted by molar-refractivity contribution is 6.08. The van der Waals surface area contributed by atoms with E-state index in [0.717, 1.165) is 51.9 Å². The summed E-state index contributed by atoms with van der Waals surface area (Å²) in [6, 6.07) is 18.2. The molecular formula is C29H29N3O3. The topological polar surface area (TPSA) is 84.7 Å². The van der Waals surface area contributed by atoms with Crippen LogP contribution in [0.25, 0.3) is 21.9 Å². The molecule has 5 rings (SSSR count). The molecule has 0 aromatic heterocycles. The smallest absolute Gasteiger partial charge is 0.264 e. The predicted molar refractivity (Wildman–Crippen MR) is 138 cm³/mol. The Morgan fingerprint density at radius 1 is 1.06 bits per heavy atom. The Bertz CT molecular complexity index is 1420. The fourth-order valence-corrected chi connectivity index (χ4v) is 4.35. The predicted octanol–water partition coefficient (Wildman–Crippen LogP) is 5.69. The van der Waals surface area contributed by atoms with Gasteiger partial charge < -0.3 is 15.8 Å². The third kappa shape index (κ3) is 4.52. The number of hydrogen-bond acceptors (Lipinski definition) is 4. The maximum Gasteiger partial charge on any atom is 0.264 e. The lowest BCUT2D eigenvalue weighted by Crippen LogP contribution is -2.30. The number of rotatable bonds is 6. The molecule has 0 bridgehead atoms. The van der Waals surface area contributed by atoms with Crippen LogP contribution in [0.4, 0.5) is 5.69 Å². The van der Waals surface area contributed by atoms with Gasteiger partial charge in [0.25, 0.3) is 11.8 Å². The van der Waals surface area contributed by atoms with Crippen LogP contribution in [0.2, 0.25) is 0 Å². The molecule has 0 spiro atoms. The van der Waals surface area contributed by atoms with E-state index >= 15 is 0 Å². The number of hydrogen-bond donors (Lipinski definition) is 2.